The first kappa shape index (κ1) is 14.2. The fourth-order valence-electron chi connectivity index (χ4n) is 1.85. The Labute approximate surface area is 122 Å². The lowest BCUT2D eigenvalue weighted by Crippen LogP contribution is -2.09. The number of amides is 1. The molecule has 0 radical (unpaired) electrons. The number of carbonyl (C=O) groups is 1. The minimum atomic E-state index is -0.325. The quantitative estimate of drug-likeness (QED) is 0.934. The van der Waals surface area contributed by atoms with Crippen LogP contribution in [0.3, 0.4) is 0 Å². The Morgan fingerprint density at radius 2 is 2.10 bits per heavy atom. The molecular formula is C15H15N3OS. The molecule has 0 aliphatic rings. The van der Waals surface area contributed by atoms with Crippen molar-refractivity contribution in [1.29, 1.82) is 5.26 Å². The van der Waals surface area contributed by atoms with E-state index < -0.39 is 0 Å². The zero-order valence-electron chi connectivity index (χ0n) is 11.4. The molecule has 2 rings (SSSR count). The first-order chi connectivity index (χ1) is 9.63. The maximum absolute atomic E-state index is 11.4. The third kappa shape index (κ3) is 3.22. The van der Waals surface area contributed by atoms with Crippen LogP contribution in [0.5, 0.6) is 0 Å². The Bertz CT molecular complexity index is 653. The van der Waals surface area contributed by atoms with Crippen molar-refractivity contribution in [2.75, 3.05) is 5.32 Å². The van der Waals surface area contributed by atoms with Crippen molar-refractivity contribution in [3.8, 4) is 17.3 Å². The molecule has 0 unspecified atom stereocenters. The molecule has 0 aliphatic heterocycles. The van der Waals surface area contributed by atoms with Crippen LogP contribution >= 0.6 is 11.3 Å². The van der Waals surface area contributed by atoms with Gasteiger partial charge in [0.2, 0.25) is 5.91 Å². The van der Waals surface area contributed by atoms with Crippen molar-refractivity contribution in [1.82, 2.24) is 4.98 Å². The highest BCUT2D eigenvalue weighted by Gasteiger charge is 2.11. The van der Waals surface area contributed by atoms with E-state index in [9.17, 15) is 4.79 Å². The third-order valence-electron chi connectivity index (χ3n) is 2.92. The number of carbonyl (C=O) groups excluding carboxylic acids is 1. The van der Waals surface area contributed by atoms with E-state index in [1.54, 1.807) is 0 Å². The van der Waals surface area contributed by atoms with Crippen LogP contribution in [0.15, 0.2) is 24.3 Å². The van der Waals surface area contributed by atoms with Gasteiger partial charge in [-0.25, -0.2) is 4.98 Å². The Morgan fingerprint density at radius 3 is 2.70 bits per heavy atom. The number of anilines is 1. The number of aromatic nitrogens is 1. The lowest BCUT2D eigenvalue weighted by atomic mass is 10.1. The van der Waals surface area contributed by atoms with Crippen LogP contribution in [0.25, 0.3) is 11.3 Å². The van der Waals surface area contributed by atoms with E-state index in [0.717, 1.165) is 22.6 Å². The molecule has 0 saturated heterocycles. The summed E-state index contributed by atoms with van der Waals surface area (Å²) in [5.74, 6) is -0.325. The summed E-state index contributed by atoms with van der Waals surface area (Å²) in [6.45, 7) is 4.09. The molecule has 0 fully saturated rings. The van der Waals surface area contributed by atoms with Gasteiger partial charge in [-0.05, 0) is 18.9 Å². The Balaban J connectivity index is 2.22. The maximum atomic E-state index is 11.4. The number of benzene rings is 1. The van der Waals surface area contributed by atoms with Crippen LogP contribution in [-0.4, -0.2) is 10.9 Å². The fraction of sp³-hybridized carbons (Fsp3) is 0.267. The summed E-state index contributed by atoms with van der Waals surface area (Å²) in [4.78, 5) is 16.9. The lowest BCUT2D eigenvalue weighted by Gasteiger charge is -2.00. The lowest BCUT2D eigenvalue weighted by molar-refractivity contribution is -0.115. The SMILES string of the molecule is CCc1ccc(-c2nc(NC(=O)CC#N)sc2C)cc1. The fourth-order valence-corrected chi connectivity index (χ4v) is 2.70. The van der Waals surface area contributed by atoms with E-state index in [0.29, 0.717) is 5.13 Å². The van der Waals surface area contributed by atoms with E-state index in [2.05, 4.69) is 29.4 Å². The summed E-state index contributed by atoms with van der Waals surface area (Å²) in [6, 6.07) is 10.1. The first-order valence-corrected chi connectivity index (χ1v) is 7.19. The van der Waals surface area contributed by atoms with Gasteiger partial charge >= 0.3 is 0 Å². The second-order valence-corrected chi connectivity index (χ2v) is 5.56. The summed E-state index contributed by atoms with van der Waals surface area (Å²) in [7, 11) is 0. The number of hydrogen-bond donors (Lipinski definition) is 1. The number of rotatable bonds is 4. The normalized spacial score (nSPS) is 10.1. The smallest absolute Gasteiger partial charge is 0.240 e. The van der Waals surface area contributed by atoms with Crippen molar-refractivity contribution in [3.05, 3.63) is 34.7 Å². The second kappa shape index (κ2) is 6.31. The highest BCUT2D eigenvalue weighted by molar-refractivity contribution is 7.16. The van der Waals surface area contributed by atoms with Gasteiger partial charge in [-0.3, -0.25) is 4.79 Å². The number of aryl methyl sites for hydroxylation is 2. The second-order valence-electron chi connectivity index (χ2n) is 4.36. The van der Waals surface area contributed by atoms with Gasteiger partial charge in [0.25, 0.3) is 0 Å². The Kier molecular flexibility index (Phi) is 4.49. The summed E-state index contributed by atoms with van der Waals surface area (Å²) in [5.41, 5.74) is 3.20. The van der Waals surface area contributed by atoms with Crippen LogP contribution in [-0.2, 0) is 11.2 Å². The molecule has 0 spiro atoms. The highest BCUT2D eigenvalue weighted by Crippen LogP contribution is 2.30. The molecule has 1 aromatic heterocycles. The third-order valence-corrected chi connectivity index (χ3v) is 3.80. The van der Waals surface area contributed by atoms with Crippen molar-refractivity contribution in [3.63, 3.8) is 0 Å². The summed E-state index contributed by atoms with van der Waals surface area (Å²) in [5, 5.41) is 11.7. The van der Waals surface area contributed by atoms with Gasteiger partial charge in [-0.1, -0.05) is 31.2 Å². The topological polar surface area (TPSA) is 65.8 Å². The van der Waals surface area contributed by atoms with Crippen LogP contribution < -0.4 is 5.32 Å². The molecule has 1 N–H and O–H groups in total. The van der Waals surface area contributed by atoms with E-state index in [-0.39, 0.29) is 12.3 Å². The largest absolute Gasteiger partial charge is 0.301 e. The molecule has 20 heavy (non-hydrogen) atoms. The van der Waals surface area contributed by atoms with Crippen LogP contribution in [0.2, 0.25) is 0 Å². The standard InChI is InChI=1S/C15H15N3OS/c1-3-11-4-6-12(7-5-11)14-10(2)20-15(18-14)17-13(19)8-9-16/h4-7H,3,8H2,1-2H3,(H,17,18,19). The number of nitrogens with zero attached hydrogens (tertiary/aromatic N) is 2. The molecule has 102 valence electrons. The van der Waals surface area contributed by atoms with E-state index in [1.165, 1.54) is 16.9 Å². The van der Waals surface area contributed by atoms with Gasteiger partial charge in [0.1, 0.15) is 6.42 Å². The minimum Gasteiger partial charge on any atom is -0.301 e. The summed E-state index contributed by atoms with van der Waals surface area (Å²) >= 11 is 1.42. The van der Waals surface area contributed by atoms with Gasteiger partial charge in [0.05, 0.1) is 11.8 Å². The molecule has 5 heteroatoms. The minimum absolute atomic E-state index is 0.154. The van der Waals surface area contributed by atoms with Gasteiger partial charge in [-0.2, -0.15) is 5.26 Å². The number of hydrogen-bond acceptors (Lipinski definition) is 4. The molecule has 0 aliphatic carbocycles. The zero-order chi connectivity index (χ0) is 14.5. The zero-order valence-corrected chi connectivity index (χ0v) is 12.3. The van der Waals surface area contributed by atoms with E-state index in [1.807, 2.05) is 25.1 Å². The van der Waals surface area contributed by atoms with E-state index in [4.69, 9.17) is 5.26 Å². The number of thiazole rings is 1. The average molecular weight is 285 g/mol. The maximum Gasteiger partial charge on any atom is 0.240 e. The monoisotopic (exact) mass is 285 g/mol. The van der Waals surface area contributed by atoms with Gasteiger partial charge in [-0.15, -0.1) is 11.3 Å². The van der Waals surface area contributed by atoms with Crippen LogP contribution in [0, 0.1) is 18.3 Å². The Hall–Kier alpha value is -2.19. The van der Waals surface area contributed by atoms with Gasteiger partial charge < -0.3 is 5.32 Å². The summed E-state index contributed by atoms with van der Waals surface area (Å²) < 4.78 is 0. The predicted octanol–water partition coefficient (Wildman–Crippen LogP) is 3.53. The molecule has 0 atom stereocenters. The summed E-state index contributed by atoms with van der Waals surface area (Å²) in [6.07, 6.45) is 0.852. The molecule has 0 saturated carbocycles. The molecule has 1 heterocycles. The predicted molar refractivity (Wildman–Crippen MR) is 80.5 cm³/mol. The molecule has 1 amide bonds. The van der Waals surface area contributed by atoms with Crippen molar-refractivity contribution in [2.24, 2.45) is 0 Å². The highest BCUT2D eigenvalue weighted by atomic mass is 32.1. The molecule has 2 aromatic rings. The average Bonchev–Trinajstić information content (AvgIpc) is 2.80. The van der Waals surface area contributed by atoms with Gasteiger partial charge in [0.15, 0.2) is 5.13 Å². The Morgan fingerprint density at radius 1 is 1.40 bits per heavy atom. The first-order valence-electron chi connectivity index (χ1n) is 6.37. The van der Waals surface area contributed by atoms with Crippen molar-refractivity contribution < 1.29 is 4.79 Å². The van der Waals surface area contributed by atoms with Crippen LogP contribution in [0.1, 0.15) is 23.8 Å². The van der Waals surface area contributed by atoms with Crippen LogP contribution in [0.4, 0.5) is 5.13 Å². The van der Waals surface area contributed by atoms with E-state index >= 15 is 0 Å². The molecular weight excluding hydrogens is 270 g/mol. The van der Waals surface area contributed by atoms with Crippen molar-refractivity contribution >= 4 is 22.4 Å². The van der Waals surface area contributed by atoms with Gasteiger partial charge in [0, 0.05) is 10.4 Å². The molecule has 0 bridgehead atoms. The van der Waals surface area contributed by atoms with Crippen molar-refractivity contribution in [2.45, 2.75) is 26.7 Å². The molecule has 1 aromatic carbocycles. The number of nitrogens with one attached hydrogen (secondary N) is 1. The molecule has 4 nitrogen and oxygen atoms in total. The number of nitriles is 1.